The normalized spacial score (nSPS) is 10.3. The molecule has 0 radical (unpaired) electrons. The van der Waals surface area contributed by atoms with Gasteiger partial charge in [-0.3, -0.25) is 0 Å². The highest BCUT2D eigenvalue weighted by Crippen LogP contribution is 2.35. The Morgan fingerprint density at radius 2 is 1.88 bits per heavy atom. The summed E-state index contributed by atoms with van der Waals surface area (Å²) in [6.07, 6.45) is 0.964. The molecule has 0 aromatic heterocycles. The van der Waals surface area contributed by atoms with Gasteiger partial charge in [-0.15, -0.1) is 12.4 Å². The summed E-state index contributed by atoms with van der Waals surface area (Å²) >= 11 is 6.22. The highest BCUT2D eigenvalue weighted by Gasteiger charge is 2.13. The van der Waals surface area contributed by atoms with Crippen LogP contribution in [0.5, 0.6) is 11.5 Å². The minimum absolute atomic E-state index is 0. The van der Waals surface area contributed by atoms with E-state index < -0.39 is 0 Å². The van der Waals surface area contributed by atoms with Gasteiger partial charge in [-0.25, -0.2) is 0 Å². The van der Waals surface area contributed by atoms with Crippen molar-refractivity contribution in [2.75, 3.05) is 26.9 Å². The zero-order valence-corrected chi connectivity index (χ0v) is 16.9. The van der Waals surface area contributed by atoms with Crippen molar-refractivity contribution in [1.82, 2.24) is 5.32 Å². The van der Waals surface area contributed by atoms with Crippen LogP contribution >= 0.6 is 24.0 Å². The topological polar surface area (TPSA) is 39.7 Å². The second-order valence-corrected chi connectivity index (χ2v) is 6.03. The molecule has 0 aliphatic rings. The molecule has 0 saturated heterocycles. The lowest BCUT2D eigenvalue weighted by molar-refractivity contribution is 0.144. The number of hydrogen-bond donors (Lipinski definition) is 1. The van der Waals surface area contributed by atoms with Crippen LogP contribution in [-0.4, -0.2) is 26.9 Å². The first-order valence-corrected chi connectivity index (χ1v) is 8.94. The summed E-state index contributed by atoms with van der Waals surface area (Å²) in [5.41, 5.74) is 2.09. The summed E-state index contributed by atoms with van der Waals surface area (Å²) in [5.74, 6) is 1.38. The molecule has 0 heterocycles. The number of ether oxygens (including phenoxy) is 3. The molecule has 0 aliphatic heterocycles. The van der Waals surface area contributed by atoms with Crippen LogP contribution in [0.1, 0.15) is 24.5 Å². The fraction of sp³-hybridized carbons (Fsp3) is 0.400. The van der Waals surface area contributed by atoms with E-state index in [1.807, 2.05) is 43.3 Å². The summed E-state index contributed by atoms with van der Waals surface area (Å²) in [6, 6.07) is 13.8. The minimum Gasteiger partial charge on any atom is -0.493 e. The molecule has 0 bridgehead atoms. The Kier molecular flexibility index (Phi) is 11.1. The lowest BCUT2D eigenvalue weighted by atomic mass is 10.1. The van der Waals surface area contributed by atoms with E-state index in [4.69, 9.17) is 25.8 Å². The van der Waals surface area contributed by atoms with Crippen molar-refractivity contribution < 1.29 is 14.2 Å². The van der Waals surface area contributed by atoms with Crippen molar-refractivity contribution in [3.05, 3.63) is 58.6 Å². The standard InChI is InChI=1S/C20H26ClNO3.ClH/c1-3-24-11-7-10-22-14-17-12-18(21)13-19(23-2)20(17)25-15-16-8-5-4-6-9-16;/h4-6,8-9,12-13,22H,3,7,10-11,14-15H2,1-2H3;1H. The van der Waals surface area contributed by atoms with Crippen LogP contribution in [0, 0.1) is 0 Å². The average Bonchev–Trinajstić information content (AvgIpc) is 2.64. The predicted octanol–water partition coefficient (Wildman–Crippen LogP) is 4.87. The Morgan fingerprint density at radius 3 is 2.58 bits per heavy atom. The van der Waals surface area contributed by atoms with Gasteiger partial charge in [-0.1, -0.05) is 41.9 Å². The quantitative estimate of drug-likeness (QED) is 0.547. The molecule has 0 aliphatic carbocycles. The van der Waals surface area contributed by atoms with Crippen molar-refractivity contribution in [1.29, 1.82) is 0 Å². The van der Waals surface area contributed by atoms with Crippen molar-refractivity contribution in [3.63, 3.8) is 0 Å². The second kappa shape index (κ2) is 12.8. The Balaban J connectivity index is 0.00000338. The summed E-state index contributed by atoms with van der Waals surface area (Å²) in [5, 5.41) is 4.04. The third kappa shape index (κ3) is 7.42. The minimum atomic E-state index is 0. The van der Waals surface area contributed by atoms with E-state index in [0.29, 0.717) is 23.9 Å². The summed E-state index contributed by atoms with van der Waals surface area (Å²) < 4.78 is 16.9. The number of methoxy groups -OCH3 is 1. The van der Waals surface area contributed by atoms with Crippen molar-refractivity contribution in [3.8, 4) is 11.5 Å². The third-order valence-corrected chi connectivity index (χ3v) is 3.92. The molecule has 1 N–H and O–H groups in total. The van der Waals surface area contributed by atoms with Crippen molar-refractivity contribution in [2.24, 2.45) is 0 Å². The predicted molar refractivity (Wildman–Crippen MR) is 109 cm³/mol. The first-order chi connectivity index (χ1) is 12.2. The maximum Gasteiger partial charge on any atom is 0.166 e. The Morgan fingerprint density at radius 1 is 1.12 bits per heavy atom. The molecular formula is C20H27Cl2NO3. The van der Waals surface area contributed by atoms with Crippen LogP contribution in [-0.2, 0) is 17.9 Å². The smallest absolute Gasteiger partial charge is 0.166 e. The third-order valence-electron chi connectivity index (χ3n) is 3.70. The molecule has 0 fully saturated rings. The Bertz CT molecular complexity index is 638. The summed E-state index contributed by atoms with van der Waals surface area (Å²) in [7, 11) is 1.63. The van der Waals surface area contributed by atoms with E-state index in [9.17, 15) is 0 Å². The van der Waals surface area contributed by atoms with Crippen molar-refractivity contribution in [2.45, 2.75) is 26.5 Å². The van der Waals surface area contributed by atoms with Gasteiger partial charge >= 0.3 is 0 Å². The van der Waals surface area contributed by atoms with Gasteiger partial charge in [-0.05, 0) is 31.5 Å². The zero-order valence-electron chi connectivity index (χ0n) is 15.3. The lowest BCUT2D eigenvalue weighted by Gasteiger charge is -2.16. The van der Waals surface area contributed by atoms with Gasteiger partial charge < -0.3 is 19.5 Å². The van der Waals surface area contributed by atoms with Crippen LogP contribution in [0.15, 0.2) is 42.5 Å². The first-order valence-electron chi connectivity index (χ1n) is 8.56. The molecule has 0 spiro atoms. The second-order valence-electron chi connectivity index (χ2n) is 5.60. The van der Waals surface area contributed by atoms with E-state index in [0.717, 1.165) is 43.1 Å². The van der Waals surface area contributed by atoms with Gasteiger partial charge in [0.25, 0.3) is 0 Å². The van der Waals surface area contributed by atoms with Gasteiger partial charge in [0.15, 0.2) is 11.5 Å². The molecule has 26 heavy (non-hydrogen) atoms. The first kappa shape index (κ1) is 22.6. The van der Waals surface area contributed by atoms with E-state index in [1.165, 1.54) is 0 Å². The van der Waals surface area contributed by atoms with Crippen LogP contribution in [0.4, 0.5) is 0 Å². The van der Waals surface area contributed by atoms with E-state index in [-0.39, 0.29) is 12.4 Å². The molecule has 2 aromatic carbocycles. The number of benzene rings is 2. The van der Waals surface area contributed by atoms with Crippen LogP contribution < -0.4 is 14.8 Å². The molecular weight excluding hydrogens is 373 g/mol. The van der Waals surface area contributed by atoms with Gasteiger partial charge in [0.1, 0.15) is 6.61 Å². The molecule has 0 unspecified atom stereocenters. The highest BCUT2D eigenvalue weighted by molar-refractivity contribution is 6.30. The maximum atomic E-state index is 6.22. The molecule has 0 saturated carbocycles. The molecule has 0 amide bonds. The molecule has 2 rings (SSSR count). The Labute approximate surface area is 167 Å². The zero-order chi connectivity index (χ0) is 17.9. The highest BCUT2D eigenvalue weighted by atomic mass is 35.5. The number of halogens is 2. The summed E-state index contributed by atoms with van der Waals surface area (Å²) in [4.78, 5) is 0. The maximum absolute atomic E-state index is 6.22. The largest absolute Gasteiger partial charge is 0.493 e. The molecule has 2 aromatic rings. The monoisotopic (exact) mass is 399 g/mol. The van der Waals surface area contributed by atoms with Crippen LogP contribution in [0.3, 0.4) is 0 Å². The van der Waals surface area contributed by atoms with E-state index in [2.05, 4.69) is 5.32 Å². The van der Waals surface area contributed by atoms with E-state index >= 15 is 0 Å². The molecule has 144 valence electrons. The van der Waals surface area contributed by atoms with Gasteiger partial charge in [0.05, 0.1) is 7.11 Å². The SMILES string of the molecule is CCOCCCNCc1cc(Cl)cc(OC)c1OCc1ccccc1.Cl. The van der Waals surface area contributed by atoms with Crippen molar-refractivity contribution >= 4 is 24.0 Å². The fourth-order valence-electron chi connectivity index (χ4n) is 2.47. The fourth-order valence-corrected chi connectivity index (χ4v) is 2.70. The van der Waals surface area contributed by atoms with Gasteiger partial charge in [0, 0.05) is 36.4 Å². The lowest BCUT2D eigenvalue weighted by Crippen LogP contribution is -2.17. The number of rotatable bonds is 11. The average molecular weight is 400 g/mol. The molecule has 6 heteroatoms. The van der Waals surface area contributed by atoms with Crippen LogP contribution in [0.25, 0.3) is 0 Å². The molecule has 4 nitrogen and oxygen atoms in total. The van der Waals surface area contributed by atoms with Crippen LogP contribution in [0.2, 0.25) is 5.02 Å². The molecule has 0 atom stereocenters. The van der Waals surface area contributed by atoms with Gasteiger partial charge in [0.2, 0.25) is 0 Å². The number of hydrogen-bond acceptors (Lipinski definition) is 4. The number of nitrogens with one attached hydrogen (secondary N) is 1. The summed E-state index contributed by atoms with van der Waals surface area (Å²) in [6.45, 7) is 5.53. The van der Waals surface area contributed by atoms with Gasteiger partial charge in [-0.2, -0.15) is 0 Å². The van der Waals surface area contributed by atoms with E-state index in [1.54, 1.807) is 13.2 Å². The Hall–Kier alpha value is -1.46.